The number of nitro groups is 1. The molecule has 0 spiro atoms. The van der Waals surface area contributed by atoms with Crippen LogP contribution in [0.1, 0.15) is 36.4 Å². The highest BCUT2D eigenvalue weighted by molar-refractivity contribution is 5.76. The summed E-state index contributed by atoms with van der Waals surface area (Å²) in [6.07, 6.45) is -0.234. The summed E-state index contributed by atoms with van der Waals surface area (Å²) in [6.45, 7) is 4.70. The predicted molar refractivity (Wildman–Crippen MR) is 155 cm³/mol. The number of allylic oxidation sites excluding steroid dienone is 1. The molecular formula is C28H32F3N9O3. The molecule has 1 unspecified atom stereocenters. The molecule has 228 valence electrons. The highest BCUT2D eigenvalue weighted by Gasteiger charge is 2.38. The summed E-state index contributed by atoms with van der Waals surface area (Å²) in [7, 11) is 6.86. The average Bonchev–Trinajstić information content (AvgIpc) is 3.32. The number of alkyl halides is 3. The molecule has 0 amide bonds. The van der Waals surface area contributed by atoms with E-state index in [1.54, 1.807) is 31.0 Å². The smallest absolute Gasteiger partial charge is 0.421 e. The van der Waals surface area contributed by atoms with E-state index in [0.717, 1.165) is 4.68 Å². The molecule has 4 rings (SSSR count). The molecule has 12 nitrogen and oxygen atoms in total. The largest absolute Gasteiger partial charge is 0.494 e. The summed E-state index contributed by atoms with van der Waals surface area (Å²) in [5.41, 5.74) is -0.192. The topological polar surface area (TPSA) is 138 Å². The van der Waals surface area contributed by atoms with Gasteiger partial charge in [0.15, 0.2) is 5.82 Å². The predicted octanol–water partition coefficient (Wildman–Crippen LogP) is 5.00. The van der Waals surface area contributed by atoms with Crippen molar-refractivity contribution in [3.63, 3.8) is 0 Å². The number of likely N-dealkylation sites (N-methyl/N-ethyl adjacent to an activating group) is 2. The Hall–Kier alpha value is -4.71. The third kappa shape index (κ3) is 6.38. The van der Waals surface area contributed by atoms with Crippen LogP contribution in [0.15, 0.2) is 24.4 Å². The number of halogens is 3. The van der Waals surface area contributed by atoms with Gasteiger partial charge < -0.3 is 19.9 Å². The van der Waals surface area contributed by atoms with Crippen LogP contribution in [0.25, 0.3) is 11.9 Å². The van der Waals surface area contributed by atoms with Gasteiger partial charge in [0.05, 0.1) is 40.6 Å². The molecule has 1 N–H and O–H groups in total. The van der Waals surface area contributed by atoms with Gasteiger partial charge in [-0.15, -0.1) is 0 Å². The lowest BCUT2D eigenvalue weighted by molar-refractivity contribution is -0.384. The maximum atomic E-state index is 14.2. The lowest BCUT2D eigenvalue weighted by atomic mass is 9.80. The van der Waals surface area contributed by atoms with E-state index in [1.165, 1.54) is 19.2 Å². The normalized spacial score (nSPS) is 16.1. The monoisotopic (exact) mass is 599 g/mol. The number of fused-ring (bicyclic) bond motifs is 1. The first-order valence-corrected chi connectivity index (χ1v) is 13.4. The number of aryl methyl sites for hydroxylation is 1. The lowest BCUT2D eigenvalue weighted by Gasteiger charge is -2.23. The van der Waals surface area contributed by atoms with Crippen LogP contribution in [-0.2, 0) is 19.0 Å². The number of rotatable bonds is 10. The number of benzene rings is 1. The molecule has 2 heterocycles. The van der Waals surface area contributed by atoms with Crippen LogP contribution in [0.2, 0.25) is 0 Å². The third-order valence-electron chi connectivity index (χ3n) is 7.16. The molecule has 43 heavy (non-hydrogen) atoms. The maximum Gasteiger partial charge on any atom is 0.421 e. The first kappa shape index (κ1) is 31.2. The summed E-state index contributed by atoms with van der Waals surface area (Å²) in [5, 5.41) is 28.9. The van der Waals surface area contributed by atoms with Gasteiger partial charge in [0.2, 0.25) is 5.95 Å². The van der Waals surface area contributed by atoms with Crippen molar-refractivity contribution < 1.29 is 22.8 Å². The molecular weight excluding hydrogens is 567 g/mol. The second-order valence-corrected chi connectivity index (χ2v) is 10.7. The molecule has 1 aromatic carbocycles. The Balaban J connectivity index is 1.82. The minimum atomic E-state index is -4.81. The number of nitrogens with zero attached hydrogens (tertiary/aromatic N) is 8. The molecule has 0 aliphatic heterocycles. The quantitative estimate of drug-likeness (QED) is 0.250. The zero-order valence-corrected chi connectivity index (χ0v) is 24.7. The molecule has 0 saturated carbocycles. The van der Waals surface area contributed by atoms with Crippen molar-refractivity contribution in [2.24, 2.45) is 5.41 Å². The summed E-state index contributed by atoms with van der Waals surface area (Å²) >= 11 is 0. The number of nitro benzene ring substituents is 1. The van der Waals surface area contributed by atoms with Gasteiger partial charge in [0.1, 0.15) is 17.0 Å². The standard InChI is InChI=1S/C28H32F3N9O3/c1-7-19-17-14-27(2,16-32)9-8-21(17)39(36-19)25-18(28(29,30)31)15-33-26(35-25)34-20-12-23(40(41)42)22(13-24(20)43-6)38(5)11-10-37(3)4/h8-9,12-13,15H,7,10-11,14H2,1-6H3,(H,33,34,35). The Morgan fingerprint density at radius 2 is 2.00 bits per heavy atom. The van der Waals surface area contributed by atoms with E-state index in [-0.39, 0.29) is 29.5 Å². The van der Waals surface area contributed by atoms with Gasteiger partial charge in [-0.3, -0.25) is 10.1 Å². The fourth-order valence-electron chi connectivity index (χ4n) is 4.75. The minimum absolute atomic E-state index is 0.0890. The van der Waals surface area contributed by atoms with E-state index in [0.29, 0.717) is 48.3 Å². The van der Waals surface area contributed by atoms with E-state index in [4.69, 9.17) is 4.74 Å². The van der Waals surface area contributed by atoms with Crippen molar-refractivity contribution in [2.45, 2.75) is 32.9 Å². The maximum absolute atomic E-state index is 14.2. The molecule has 0 bridgehead atoms. The Morgan fingerprint density at radius 1 is 1.28 bits per heavy atom. The van der Waals surface area contributed by atoms with Crippen LogP contribution in [-0.4, -0.2) is 70.9 Å². The van der Waals surface area contributed by atoms with Crippen molar-refractivity contribution in [1.29, 1.82) is 5.26 Å². The SMILES string of the molecule is CCc1nn(-c2nc(Nc3cc([N+](=O)[O-])c(N(C)CCN(C)C)cc3OC)ncc2C(F)(F)F)c2c1CC(C)(C#N)C=C2. The summed E-state index contributed by atoms with van der Waals surface area (Å²) in [6, 6.07) is 4.95. The van der Waals surface area contributed by atoms with E-state index < -0.39 is 27.9 Å². The summed E-state index contributed by atoms with van der Waals surface area (Å²) in [5.74, 6) is -0.585. The van der Waals surface area contributed by atoms with E-state index in [1.807, 2.05) is 25.9 Å². The second-order valence-electron chi connectivity index (χ2n) is 10.7. The number of hydrogen-bond donors (Lipinski definition) is 1. The van der Waals surface area contributed by atoms with Crippen LogP contribution in [0.4, 0.5) is 36.2 Å². The summed E-state index contributed by atoms with van der Waals surface area (Å²) in [4.78, 5) is 23.2. The Labute approximate surface area is 246 Å². The van der Waals surface area contributed by atoms with Crippen LogP contribution in [0, 0.1) is 26.9 Å². The molecule has 15 heteroatoms. The highest BCUT2D eigenvalue weighted by atomic mass is 19.4. The number of anilines is 3. The van der Waals surface area contributed by atoms with Gasteiger partial charge in [0, 0.05) is 44.0 Å². The Kier molecular flexibility index (Phi) is 8.63. The highest BCUT2D eigenvalue weighted by Crippen LogP contribution is 2.41. The van der Waals surface area contributed by atoms with Crippen molar-refractivity contribution in [3.05, 3.63) is 57.0 Å². The lowest BCUT2D eigenvalue weighted by Crippen LogP contribution is -2.29. The fraction of sp³-hybridized carbons (Fsp3) is 0.429. The van der Waals surface area contributed by atoms with Crippen molar-refractivity contribution in [2.75, 3.05) is 51.6 Å². The van der Waals surface area contributed by atoms with Gasteiger partial charge in [-0.1, -0.05) is 13.0 Å². The van der Waals surface area contributed by atoms with Gasteiger partial charge in [-0.05, 0) is 39.9 Å². The third-order valence-corrected chi connectivity index (χ3v) is 7.16. The minimum Gasteiger partial charge on any atom is -0.494 e. The van der Waals surface area contributed by atoms with Crippen LogP contribution >= 0.6 is 0 Å². The molecule has 2 aromatic heterocycles. The molecule has 1 atom stereocenters. The van der Waals surface area contributed by atoms with Gasteiger partial charge in [-0.2, -0.15) is 28.5 Å². The number of nitriles is 1. The second kappa shape index (κ2) is 11.9. The first-order valence-electron chi connectivity index (χ1n) is 13.4. The number of methoxy groups -OCH3 is 1. The van der Waals surface area contributed by atoms with E-state index in [9.17, 15) is 28.5 Å². The number of hydrogen-bond acceptors (Lipinski definition) is 10. The van der Waals surface area contributed by atoms with Crippen molar-refractivity contribution >= 4 is 29.1 Å². The van der Waals surface area contributed by atoms with Crippen LogP contribution < -0.4 is 15.0 Å². The Morgan fingerprint density at radius 3 is 2.58 bits per heavy atom. The first-order chi connectivity index (χ1) is 20.2. The number of aromatic nitrogens is 4. The van der Waals surface area contributed by atoms with Crippen molar-refractivity contribution in [1.82, 2.24) is 24.6 Å². The summed E-state index contributed by atoms with van der Waals surface area (Å²) < 4.78 is 49.1. The van der Waals surface area contributed by atoms with Crippen LogP contribution in [0.3, 0.4) is 0 Å². The average molecular weight is 600 g/mol. The molecule has 3 aromatic rings. The van der Waals surface area contributed by atoms with Gasteiger partial charge >= 0.3 is 6.18 Å². The zero-order chi connectivity index (χ0) is 31.7. The molecule has 0 saturated heterocycles. The van der Waals surface area contributed by atoms with E-state index in [2.05, 4.69) is 26.5 Å². The Bertz CT molecular complexity index is 1610. The molecule has 1 aliphatic carbocycles. The molecule has 0 fully saturated rings. The van der Waals surface area contributed by atoms with E-state index >= 15 is 0 Å². The molecule has 1 aliphatic rings. The molecule has 0 radical (unpaired) electrons. The van der Waals surface area contributed by atoms with Crippen molar-refractivity contribution in [3.8, 4) is 17.6 Å². The zero-order valence-electron chi connectivity index (χ0n) is 24.7. The fourth-order valence-corrected chi connectivity index (χ4v) is 4.75. The van der Waals surface area contributed by atoms with Gasteiger partial charge in [0.25, 0.3) is 5.69 Å². The number of nitrogens with one attached hydrogen (secondary N) is 1. The van der Waals surface area contributed by atoms with Gasteiger partial charge in [-0.25, -0.2) is 9.67 Å². The number of ether oxygens (including phenoxy) is 1. The van der Waals surface area contributed by atoms with Crippen LogP contribution in [0.5, 0.6) is 5.75 Å².